The first-order valence-corrected chi connectivity index (χ1v) is 15.1. The van der Waals surface area contributed by atoms with Crippen LogP contribution in [0.25, 0.3) is 6.08 Å². The minimum Gasteiger partial charge on any atom is -0.465 e. The van der Waals surface area contributed by atoms with Crippen LogP contribution in [0, 0.1) is 0 Å². The Bertz CT molecular complexity index is 1290. The minimum absolute atomic E-state index is 0.0357. The predicted octanol–water partition coefficient (Wildman–Crippen LogP) is 1.53. The summed E-state index contributed by atoms with van der Waals surface area (Å²) in [6.07, 6.45) is 3.69. The van der Waals surface area contributed by atoms with Crippen molar-refractivity contribution in [3.8, 4) is 0 Å². The number of amidine groups is 1. The van der Waals surface area contributed by atoms with Gasteiger partial charge in [-0.15, -0.1) is 11.3 Å². The Morgan fingerprint density at radius 1 is 1.16 bits per heavy atom. The maximum atomic E-state index is 13.5. The third kappa shape index (κ3) is 4.01. The molecule has 200 valence electrons. The number of rotatable bonds is 3. The van der Waals surface area contributed by atoms with Crippen LogP contribution in [0.1, 0.15) is 24.1 Å². The Balaban J connectivity index is 1.28. The number of ether oxygens (including phenoxy) is 1. The zero-order chi connectivity index (χ0) is 26.0. The Morgan fingerprint density at radius 2 is 1.95 bits per heavy atom. The van der Waals surface area contributed by atoms with Gasteiger partial charge in [-0.2, -0.15) is 4.31 Å². The number of aliphatic imine (C=N–C) groups is 1. The van der Waals surface area contributed by atoms with Gasteiger partial charge in [-0.3, -0.25) is 9.69 Å². The van der Waals surface area contributed by atoms with Gasteiger partial charge in [0.1, 0.15) is 0 Å². The van der Waals surface area contributed by atoms with Gasteiger partial charge in [-0.25, -0.2) is 18.2 Å². The molecular weight excluding hydrogens is 540 g/mol. The summed E-state index contributed by atoms with van der Waals surface area (Å²) in [5.74, 6) is -0.283. The number of halogens is 1. The van der Waals surface area contributed by atoms with Crippen molar-refractivity contribution in [3.05, 3.63) is 26.8 Å². The molecular formula is C23H29ClN6O5S2. The van der Waals surface area contributed by atoms with Gasteiger partial charge >= 0.3 is 6.03 Å². The topological polar surface area (TPSA) is 106 Å². The molecule has 4 saturated heterocycles. The molecule has 0 bridgehead atoms. The van der Waals surface area contributed by atoms with E-state index in [1.807, 2.05) is 4.90 Å². The molecule has 2 spiro atoms. The van der Waals surface area contributed by atoms with Crippen LogP contribution in [0.3, 0.4) is 0 Å². The predicted molar refractivity (Wildman–Crippen MR) is 140 cm³/mol. The van der Waals surface area contributed by atoms with E-state index in [0.717, 1.165) is 18.4 Å². The highest BCUT2D eigenvalue weighted by Crippen LogP contribution is 2.49. The number of hydrogen-bond acceptors (Lipinski definition) is 8. The van der Waals surface area contributed by atoms with Crippen molar-refractivity contribution in [2.24, 2.45) is 4.99 Å². The molecule has 1 aromatic rings. The van der Waals surface area contributed by atoms with Crippen LogP contribution in [0.4, 0.5) is 4.79 Å². The lowest BCUT2D eigenvalue weighted by molar-refractivity contribution is -0.143. The number of piperidine rings is 1. The lowest BCUT2D eigenvalue weighted by Crippen LogP contribution is -2.68. The molecule has 0 radical (unpaired) electrons. The van der Waals surface area contributed by atoms with E-state index < -0.39 is 21.2 Å². The van der Waals surface area contributed by atoms with Crippen LogP contribution in [-0.2, 0) is 19.6 Å². The summed E-state index contributed by atoms with van der Waals surface area (Å²) in [5.41, 5.74) is -1.60. The number of likely N-dealkylation sites (N-methyl/N-ethyl adjacent to an activating group) is 1. The zero-order valence-corrected chi connectivity index (χ0v) is 22.9. The van der Waals surface area contributed by atoms with E-state index in [9.17, 15) is 18.0 Å². The number of carbonyl (C=O) groups excluding carboxylic acids is 2. The molecule has 5 aliphatic heterocycles. The number of hydrogen-bond donors (Lipinski definition) is 0. The molecule has 0 aromatic carbocycles. The van der Waals surface area contributed by atoms with Crippen molar-refractivity contribution in [1.82, 2.24) is 23.9 Å². The van der Waals surface area contributed by atoms with Gasteiger partial charge in [0, 0.05) is 49.9 Å². The van der Waals surface area contributed by atoms with Crippen molar-refractivity contribution in [3.63, 3.8) is 0 Å². The molecule has 1 atom stereocenters. The Hall–Kier alpha value is -2.35. The van der Waals surface area contributed by atoms with Crippen LogP contribution in [0.5, 0.6) is 0 Å². The second-order valence-electron chi connectivity index (χ2n) is 10.3. The van der Waals surface area contributed by atoms with E-state index in [1.54, 1.807) is 29.0 Å². The highest BCUT2D eigenvalue weighted by Gasteiger charge is 2.69. The van der Waals surface area contributed by atoms with Gasteiger partial charge in [0.2, 0.25) is 15.9 Å². The fraction of sp³-hybridized carbons (Fsp3) is 0.609. The molecule has 1 unspecified atom stereocenters. The summed E-state index contributed by atoms with van der Waals surface area (Å²) in [6, 6.07) is 3.93. The Morgan fingerprint density at radius 3 is 2.62 bits per heavy atom. The molecule has 0 N–H and O–H groups in total. The van der Waals surface area contributed by atoms with Crippen LogP contribution in [0.15, 0.2) is 22.5 Å². The summed E-state index contributed by atoms with van der Waals surface area (Å²) < 4.78 is 34.2. The molecule has 0 saturated carbocycles. The molecule has 11 nitrogen and oxygen atoms in total. The van der Waals surface area contributed by atoms with Crippen LogP contribution < -0.4 is 0 Å². The van der Waals surface area contributed by atoms with Gasteiger partial charge in [0.25, 0.3) is 6.02 Å². The number of sulfonamides is 1. The number of thiophene rings is 1. The van der Waals surface area contributed by atoms with E-state index in [2.05, 4.69) is 9.89 Å². The average Bonchev–Trinajstić information content (AvgIpc) is 3.50. The average molecular weight is 569 g/mol. The number of nitrogens with zero attached hydrogens (tertiary/aromatic N) is 6. The molecule has 6 heterocycles. The normalized spacial score (nSPS) is 28.2. The van der Waals surface area contributed by atoms with E-state index in [4.69, 9.17) is 16.3 Å². The summed E-state index contributed by atoms with van der Waals surface area (Å²) in [6.45, 7) is 3.15. The summed E-state index contributed by atoms with van der Waals surface area (Å²) in [7, 11) is -2.21. The standard InChI is InChI=1S/C23H29ClN6O5S2/c1-26-15-23-16-28(37(33,34)12-5-17-3-4-18(24)36-17)13-19(31)29(23)14-22(30(23)21(26)32)6-9-27(10-7-22)20-25-8-2-11-35-20/h3-5,12H,2,6-11,13-16H2,1H3/b12-5+. The minimum atomic E-state index is -3.92. The van der Waals surface area contributed by atoms with Crippen molar-refractivity contribution >= 4 is 57.0 Å². The first-order valence-electron chi connectivity index (χ1n) is 12.4. The molecule has 37 heavy (non-hydrogen) atoms. The number of carbonyl (C=O) groups is 2. The van der Waals surface area contributed by atoms with Crippen molar-refractivity contribution in [2.45, 2.75) is 30.5 Å². The first kappa shape index (κ1) is 25.0. The van der Waals surface area contributed by atoms with Gasteiger partial charge in [0.05, 0.1) is 36.1 Å². The first-order chi connectivity index (χ1) is 17.6. The Kier molecular flexibility index (Phi) is 5.97. The highest BCUT2D eigenvalue weighted by molar-refractivity contribution is 7.92. The number of urea groups is 1. The smallest absolute Gasteiger partial charge is 0.322 e. The maximum absolute atomic E-state index is 13.5. The van der Waals surface area contributed by atoms with Gasteiger partial charge < -0.3 is 19.4 Å². The second kappa shape index (κ2) is 8.85. The number of likely N-dealkylation sites (tertiary alicyclic amines) is 1. The monoisotopic (exact) mass is 568 g/mol. The van der Waals surface area contributed by atoms with E-state index in [0.29, 0.717) is 54.3 Å². The SMILES string of the molecule is CN1CC23CN(S(=O)(=O)/C=C/c4ccc(Cl)s4)CC(=O)N2CC2(CCN(C4=NCCCO4)CC2)N3C1=O. The van der Waals surface area contributed by atoms with Crippen molar-refractivity contribution in [2.75, 3.05) is 59.5 Å². The molecule has 3 amide bonds. The molecule has 6 rings (SSSR count). The lowest BCUT2D eigenvalue weighted by atomic mass is 9.86. The summed E-state index contributed by atoms with van der Waals surface area (Å²) in [5, 5.41) is 1.12. The Labute approximate surface area is 224 Å². The zero-order valence-electron chi connectivity index (χ0n) is 20.5. The molecule has 4 fully saturated rings. The van der Waals surface area contributed by atoms with Crippen LogP contribution in [0.2, 0.25) is 4.34 Å². The van der Waals surface area contributed by atoms with E-state index >= 15 is 0 Å². The van der Waals surface area contributed by atoms with Gasteiger partial charge in [-0.1, -0.05) is 11.6 Å². The van der Waals surface area contributed by atoms with E-state index in [-0.39, 0.29) is 31.6 Å². The van der Waals surface area contributed by atoms with Crippen molar-refractivity contribution in [1.29, 1.82) is 0 Å². The fourth-order valence-electron chi connectivity index (χ4n) is 6.30. The highest BCUT2D eigenvalue weighted by atomic mass is 35.5. The second-order valence-corrected chi connectivity index (χ2v) is 13.8. The van der Waals surface area contributed by atoms with Gasteiger partial charge in [-0.05, 0) is 31.1 Å². The van der Waals surface area contributed by atoms with E-state index in [1.165, 1.54) is 21.7 Å². The quantitative estimate of drug-likeness (QED) is 0.547. The van der Waals surface area contributed by atoms with Crippen molar-refractivity contribution < 1.29 is 22.7 Å². The maximum Gasteiger partial charge on any atom is 0.322 e. The summed E-state index contributed by atoms with van der Waals surface area (Å²) in [4.78, 5) is 39.5. The van der Waals surface area contributed by atoms with Crippen LogP contribution in [-0.4, -0.2) is 121 Å². The third-order valence-electron chi connectivity index (χ3n) is 8.00. The van der Waals surface area contributed by atoms with Gasteiger partial charge in [0.15, 0.2) is 5.66 Å². The fourth-order valence-corrected chi connectivity index (χ4v) is 8.52. The number of fused-ring (bicyclic) bond motifs is 1. The number of piperazine rings is 1. The molecule has 14 heteroatoms. The third-order valence-corrected chi connectivity index (χ3v) is 10.7. The molecule has 5 aliphatic rings. The summed E-state index contributed by atoms with van der Waals surface area (Å²) >= 11 is 7.24. The lowest BCUT2D eigenvalue weighted by Gasteiger charge is -2.48. The molecule has 1 aromatic heterocycles. The molecule has 0 aliphatic carbocycles. The largest absolute Gasteiger partial charge is 0.465 e. The number of amides is 3. The van der Waals surface area contributed by atoms with Crippen LogP contribution >= 0.6 is 22.9 Å².